The standard InChI is InChI=1S/C31H45NO/c1-8-11-12-13-14-15-20-32-27-18-16-23(30(4,5)9-2)21-25(27)29(33)26-22-24(17-19-28(26)32)31(6,7)10-3/h16-19,21-22H,8-15,20H2,1-7H3. The van der Waals surface area contributed by atoms with E-state index < -0.39 is 0 Å². The topological polar surface area (TPSA) is 22.0 Å². The number of unbranched alkanes of at least 4 members (excludes halogenated alkanes) is 5. The number of hydrogen-bond acceptors (Lipinski definition) is 1. The minimum Gasteiger partial charge on any atom is -0.340 e. The highest BCUT2D eigenvalue weighted by atomic mass is 16.1. The van der Waals surface area contributed by atoms with Gasteiger partial charge in [-0.25, -0.2) is 0 Å². The van der Waals surface area contributed by atoms with Gasteiger partial charge in [-0.15, -0.1) is 0 Å². The van der Waals surface area contributed by atoms with E-state index >= 15 is 0 Å². The molecule has 0 N–H and O–H groups in total. The zero-order chi connectivity index (χ0) is 24.2. The van der Waals surface area contributed by atoms with E-state index in [2.05, 4.69) is 89.4 Å². The van der Waals surface area contributed by atoms with Gasteiger partial charge < -0.3 is 4.57 Å². The molecule has 1 aromatic heterocycles. The molecule has 0 aliphatic rings. The Hall–Kier alpha value is -2.09. The first-order valence-corrected chi connectivity index (χ1v) is 13.3. The largest absolute Gasteiger partial charge is 0.340 e. The number of benzene rings is 2. The van der Waals surface area contributed by atoms with E-state index in [1.165, 1.54) is 43.2 Å². The lowest BCUT2D eigenvalue weighted by molar-refractivity contribution is 0.506. The summed E-state index contributed by atoms with van der Waals surface area (Å²) in [5, 5.41) is 1.75. The average molecular weight is 448 g/mol. The van der Waals surface area contributed by atoms with Crippen molar-refractivity contribution in [2.24, 2.45) is 0 Å². The smallest absolute Gasteiger partial charge is 0.197 e. The van der Waals surface area contributed by atoms with Gasteiger partial charge in [-0.1, -0.05) is 92.7 Å². The van der Waals surface area contributed by atoms with Crippen LogP contribution >= 0.6 is 0 Å². The molecule has 0 aliphatic carbocycles. The minimum absolute atomic E-state index is 0.0613. The van der Waals surface area contributed by atoms with E-state index in [1.54, 1.807) is 0 Å². The molecule has 3 rings (SSSR count). The summed E-state index contributed by atoms with van der Waals surface area (Å²) in [5.74, 6) is 0. The fraction of sp³-hybridized carbons (Fsp3) is 0.581. The summed E-state index contributed by atoms with van der Waals surface area (Å²) in [6.45, 7) is 16.8. The number of aryl methyl sites for hydroxylation is 1. The second-order valence-electron chi connectivity index (χ2n) is 11.2. The van der Waals surface area contributed by atoms with Crippen molar-refractivity contribution in [3.8, 4) is 0 Å². The molecule has 0 saturated heterocycles. The SMILES string of the molecule is CCCCCCCCn1c2ccc(C(C)(C)CC)cc2c(=O)c2cc(C(C)(C)CC)ccc21. The van der Waals surface area contributed by atoms with Crippen LogP contribution < -0.4 is 5.43 Å². The second kappa shape index (κ2) is 10.5. The van der Waals surface area contributed by atoms with Gasteiger partial charge >= 0.3 is 0 Å². The molecule has 33 heavy (non-hydrogen) atoms. The summed E-state index contributed by atoms with van der Waals surface area (Å²) in [6, 6.07) is 13.2. The molecular formula is C31H45NO. The van der Waals surface area contributed by atoms with Gasteiger partial charge in [0.15, 0.2) is 5.43 Å². The summed E-state index contributed by atoms with van der Waals surface area (Å²) in [4.78, 5) is 13.8. The Labute approximate surface area is 201 Å². The molecule has 2 aromatic carbocycles. The Bertz CT molecular complexity index is 1070. The lowest BCUT2D eigenvalue weighted by Crippen LogP contribution is -2.19. The van der Waals surface area contributed by atoms with Crippen LogP contribution in [0.3, 0.4) is 0 Å². The third kappa shape index (κ3) is 5.36. The molecule has 0 aliphatic heterocycles. The van der Waals surface area contributed by atoms with Crippen molar-refractivity contribution in [2.45, 2.75) is 117 Å². The Balaban J connectivity index is 2.17. The highest BCUT2D eigenvalue weighted by Crippen LogP contribution is 2.32. The number of fused-ring (bicyclic) bond motifs is 2. The quantitative estimate of drug-likeness (QED) is 0.212. The molecule has 2 nitrogen and oxygen atoms in total. The van der Waals surface area contributed by atoms with Crippen LogP contribution in [0, 0.1) is 0 Å². The van der Waals surface area contributed by atoms with Crippen molar-refractivity contribution < 1.29 is 0 Å². The maximum Gasteiger partial charge on any atom is 0.197 e. The Morgan fingerprint density at radius 3 is 1.58 bits per heavy atom. The van der Waals surface area contributed by atoms with Crippen LogP contribution in [-0.4, -0.2) is 4.57 Å². The lowest BCUT2D eigenvalue weighted by Gasteiger charge is -2.26. The van der Waals surface area contributed by atoms with Gasteiger partial charge in [0.25, 0.3) is 0 Å². The maximum atomic E-state index is 13.8. The van der Waals surface area contributed by atoms with Crippen LogP contribution in [0.4, 0.5) is 0 Å². The summed E-state index contributed by atoms with van der Waals surface area (Å²) in [7, 11) is 0. The molecular weight excluding hydrogens is 402 g/mol. The number of aromatic nitrogens is 1. The van der Waals surface area contributed by atoms with Crippen LogP contribution in [-0.2, 0) is 17.4 Å². The monoisotopic (exact) mass is 447 g/mol. The van der Waals surface area contributed by atoms with Gasteiger partial charge in [0.2, 0.25) is 0 Å². The zero-order valence-corrected chi connectivity index (χ0v) is 22.2. The Morgan fingerprint density at radius 2 is 1.12 bits per heavy atom. The molecule has 0 amide bonds. The second-order valence-corrected chi connectivity index (χ2v) is 11.2. The predicted octanol–water partition coefficient (Wildman–Crippen LogP) is 8.89. The summed E-state index contributed by atoms with van der Waals surface area (Å²) in [6.07, 6.45) is 9.73. The number of rotatable bonds is 11. The normalized spacial score (nSPS) is 12.7. The van der Waals surface area contributed by atoms with Crippen molar-refractivity contribution >= 4 is 21.8 Å². The summed E-state index contributed by atoms with van der Waals surface area (Å²) < 4.78 is 2.41. The first-order chi connectivity index (χ1) is 15.7. The van der Waals surface area contributed by atoms with Crippen molar-refractivity contribution in [1.29, 1.82) is 0 Å². The molecule has 0 saturated carbocycles. The van der Waals surface area contributed by atoms with Crippen LogP contribution in [0.1, 0.15) is 111 Å². The molecule has 0 fully saturated rings. The average Bonchev–Trinajstić information content (AvgIpc) is 2.82. The van der Waals surface area contributed by atoms with Gasteiger partial charge in [0.1, 0.15) is 0 Å². The van der Waals surface area contributed by atoms with Crippen molar-refractivity contribution in [1.82, 2.24) is 4.57 Å². The third-order valence-corrected chi connectivity index (χ3v) is 8.13. The van der Waals surface area contributed by atoms with Gasteiger partial charge in [-0.2, -0.15) is 0 Å². The van der Waals surface area contributed by atoms with Crippen LogP contribution in [0.2, 0.25) is 0 Å². The van der Waals surface area contributed by atoms with E-state index in [1.807, 2.05) is 0 Å². The van der Waals surface area contributed by atoms with Gasteiger partial charge in [-0.05, 0) is 65.5 Å². The van der Waals surface area contributed by atoms with E-state index in [4.69, 9.17) is 0 Å². The molecule has 0 unspecified atom stereocenters. The molecule has 180 valence electrons. The number of nitrogens with zero attached hydrogens (tertiary/aromatic N) is 1. The third-order valence-electron chi connectivity index (χ3n) is 8.13. The van der Waals surface area contributed by atoms with E-state index in [0.29, 0.717) is 0 Å². The van der Waals surface area contributed by atoms with Gasteiger partial charge in [-0.3, -0.25) is 4.79 Å². The number of hydrogen-bond donors (Lipinski definition) is 0. The maximum absolute atomic E-state index is 13.8. The molecule has 1 heterocycles. The van der Waals surface area contributed by atoms with Crippen molar-refractivity contribution in [3.05, 3.63) is 57.7 Å². The van der Waals surface area contributed by atoms with Crippen LogP contribution in [0.15, 0.2) is 41.2 Å². The highest BCUT2D eigenvalue weighted by Gasteiger charge is 2.22. The fourth-order valence-corrected chi connectivity index (χ4v) is 4.72. The summed E-state index contributed by atoms with van der Waals surface area (Å²) in [5.41, 5.74) is 4.98. The molecule has 0 bridgehead atoms. The molecule has 2 heteroatoms. The van der Waals surface area contributed by atoms with E-state index in [9.17, 15) is 4.79 Å². The zero-order valence-electron chi connectivity index (χ0n) is 22.2. The van der Waals surface area contributed by atoms with E-state index in [0.717, 1.165) is 47.6 Å². The molecule has 0 radical (unpaired) electrons. The Morgan fingerprint density at radius 1 is 0.667 bits per heavy atom. The fourth-order valence-electron chi connectivity index (χ4n) is 4.72. The Kier molecular flexibility index (Phi) is 8.08. The number of pyridine rings is 1. The van der Waals surface area contributed by atoms with Crippen molar-refractivity contribution in [2.75, 3.05) is 0 Å². The first-order valence-electron chi connectivity index (χ1n) is 13.3. The van der Waals surface area contributed by atoms with Gasteiger partial charge in [0.05, 0.1) is 11.0 Å². The van der Waals surface area contributed by atoms with Crippen molar-refractivity contribution in [3.63, 3.8) is 0 Å². The summed E-state index contributed by atoms with van der Waals surface area (Å²) >= 11 is 0. The molecule has 3 aromatic rings. The highest BCUT2D eigenvalue weighted by molar-refractivity contribution is 5.94. The lowest BCUT2D eigenvalue weighted by atomic mass is 9.81. The predicted molar refractivity (Wildman–Crippen MR) is 146 cm³/mol. The van der Waals surface area contributed by atoms with E-state index in [-0.39, 0.29) is 16.3 Å². The van der Waals surface area contributed by atoms with Gasteiger partial charge in [0, 0.05) is 17.3 Å². The minimum atomic E-state index is 0.0613. The first kappa shape index (κ1) is 25.5. The van der Waals surface area contributed by atoms with Crippen LogP contribution in [0.5, 0.6) is 0 Å². The molecule has 0 spiro atoms. The molecule has 0 atom stereocenters. The van der Waals surface area contributed by atoms with Crippen LogP contribution in [0.25, 0.3) is 21.8 Å².